The van der Waals surface area contributed by atoms with Crippen molar-refractivity contribution in [3.8, 4) is 0 Å². The summed E-state index contributed by atoms with van der Waals surface area (Å²) in [5.74, 6) is 0.485. The summed E-state index contributed by atoms with van der Waals surface area (Å²) < 4.78 is 0. The van der Waals surface area contributed by atoms with Crippen LogP contribution in [0.25, 0.3) is 0 Å². The highest BCUT2D eigenvalue weighted by Gasteiger charge is 2.21. The van der Waals surface area contributed by atoms with Crippen molar-refractivity contribution in [1.82, 2.24) is 10.2 Å². The molecule has 0 radical (unpaired) electrons. The van der Waals surface area contributed by atoms with E-state index in [0.29, 0.717) is 24.9 Å². The highest BCUT2D eigenvalue weighted by atomic mass is 16.1. The Balaban J connectivity index is 2.19. The number of nitrogens with one attached hydrogen (secondary N) is 1. The molecule has 1 aliphatic heterocycles. The smallest absolute Gasteiger partial charge is 0.220 e. The van der Waals surface area contributed by atoms with E-state index in [1.807, 2.05) is 0 Å². The standard InChI is InChI=1S/C12H25N3O/c1-3-10(8-13)7-12(16)14-9-11-5-4-6-15(11)2/h10-11H,3-9,13H2,1-2H3,(H,14,16). The third-order valence-corrected chi connectivity index (χ3v) is 3.59. The number of rotatable bonds is 6. The van der Waals surface area contributed by atoms with Gasteiger partial charge in [-0.15, -0.1) is 0 Å². The van der Waals surface area contributed by atoms with Gasteiger partial charge in [-0.1, -0.05) is 13.3 Å². The van der Waals surface area contributed by atoms with Gasteiger partial charge in [0.1, 0.15) is 0 Å². The Morgan fingerprint density at radius 3 is 2.88 bits per heavy atom. The summed E-state index contributed by atoms with van der Waals surface area (Å²) >= 11 is 0. The van der Waals surface area contributed by atoms with Crippen LogP contribution in [0.3, 0.4) is 0 Å². The normalized spacial score (nSPS) is 23.3. The van der Waals surface area contributed by atoms with E-state index in [4.69, 9.17) is 5.73 Å². The molecule has 0 aliphatic carbocycles. The molecule has 0 aromatic heterocycles. The predicted molar refractivity (Wildman–Crippen MR) is 66.1 cm³/mol. The molecule has 3 N–H and O–H groups in total. The Bertz CT molecular complexity index is 216. The average Bonchev–Trinajstić information content (AvgIpc) is 2.69. The quantitative estimate of drug-likeness (QED) is 0.697. The summed E-state index contributed by atoms with van der Waals surface area (Å²) in [5, 5.41) is 3.02. The van der Waals surface area contributed by atoms with E-state index in [1.54, 1.807) is 0 Å². The van der Waals surface area contributed by atoms with Gasteiger partial charge in [0.15, 0.2) is 0 Å². The van der Waals surface area contributed by atoms with Crippen LogP contribution < -0.4 is 11.1 Å². The lowest BCUT2D eigenvalue weighted by atomic mass is 10.0. The van der Waals surface area contributed by atoms with Gasteiger partial charge in [-0.25, -0.2) is 0 Å². The van der Waals surface area contributed by atoms with Gasteiger partial charge in [-0.2, -0.15) is 0 Å². The third-order valence-electron chi connectivity index (χ3n) is 3.59. The van der Waals surface area contributed by atoms with Crippen LogP contribution in [0, 0.1) is 5.92 Å². The molecular weight excluding hydrogens is 202 g/mol. The van der Waals surface area contributed by atoms with Gasteiger partial charge in [0.2, 0.25) is 5.91 Å². The lowest BCUT2D eigenvalue weighted by Gasteiger charge is -2.20. The lowest BCUT2D eigenvalue weighted by molar-refractivity contribution is -0.122. The van der Waals surface area contributed by atoms with Crippen LogP contribution in [-0.2, 0) is 4.79 Å². The monoisotopic (exact) mass is 227 g/mol. The molecule has 0 saturated carbocycles. The summed E-state index contributed by atoms with van der Waals surface area (Å²) in [5.41, 5.74) is 5.58. The first-order valence-electron chi connectivity index (χ1n) is 6.34. The summed E-state index contributed by atoms with van der Waals surface area (Å²) in [6, 6.07) is 0.530. The van der Waals surface area contributed by atoms with E-state index >= 15 is 0 Å². The molecule has 1 saturated heterocycles. The van der Waals surface area contributed by atoms with Gasteiger partial charge in [0.25, 0.3) is 0 Å². The van der Waals surface area contributed by atoms with E-state index in [-0.39, 0.29) is 5.91 Å². The molecule has 1 amide bonds. The molecule has 0 aromatic rings. The minimum Gasteiger partial charge on any atom is -0.355 e. The van der Waals surface area contributed by atoms with Gasteiger partial charge >= 0.3 is 0 Å². The number of carbonyl (C=O) groups is 1. The Morgan fingerprint density at radius 2 is 2.38 bits per heavy atom. The molecule has 4 nitrogen and oxygen atoms in total. The largest absolute Gasteiger partial charge is 0.355 e. The van der Waals surface area contributed by atoms with Crippen molar-refractivity contribution in [3.05, 3.63) is 0 Å². The van der Waals surface area contributed by atoms with Gasteiger partial charge < -0.3 is 16.0 Å². The number of carbonyl (C=O) groups excluding carboxylic acids is 1. The maximum absolute atomic E-state index is 11.6. The highest BCUT2D eigenvalue weighted by Crippen LogP contribution is 2.13. The maximum atomic E-state index is 11.6. The van der Waals surface area contributed by atoms with Gasteiger partial charge in [-0.05, 0) is 38.9 Å². The molecule has 0 aromatic carbocycles. The summed E-state index contributed by atoms with van der Waals surface area (Å²) in [6.45, 7) is 4.63. The van der Waals surface area contributed by atoms with Crippen molar-refractivity contribution in [2.45, 2.75) is 38.6 Å². The van der Waals surface area contributed by atoms with E-state index in [9.17, 15) is 4.79 Å². The second kappa shape index (κ2) is 6.86. The zero-order chi connectivity index (χ0) is 12.0. The first kappa shape index (κ1) is 13.5. The van der Waals surface area contributed by atoms with Crippen molar-refractivity contribution in [2.24, 2.45) is 11.7 Å². The first-order valence-corrected chi connectivity index (χ1v) is 6.34. The van der Waals surface area contributed by atoms with Crippen LogP contribution in [0.5, 0.6) is 0 Å². The molecule has 4 heteroatoms. The lowest BCUT2D eigenvalue weighted by Crippen LogP contribution is -2.39. The SMILES string of the molecule is CCC(CN)CC(=O)NCC1CCCN1C. The first-order chi connectivity index (χ1) is 7.67. The fraction of sp³-hybridized carbons (Fsp3) is 0.917. The number of amides is 1. The molecule has 0 bridgehead atoms. The maximum Gasteiger partial charge on any atom is 0.220 e. The number of nitrogens with two attached hydrogens (primary N) is 1. The molecule has 1 fully saturated rings. The van der Waals surface area contributed by atoms with Crippen molar-refractivity contribution in [3.63, 3.8) is 0 Å². The fourth-order valence-electron chi connectivity index (χ4n) is 2.20. The fourth-order valence-corrected chi connectivity index (χ4v) is 2.20. The van der Waals surface area contributed by atoms with E-state index < -0.39 is 0 Å². The highest BCUT2D eigenvalue weighted by molar-refractivity contribution is 5.76. The minimum atomic E-state index is 0.151. The second-order valence-corrected chi connectivity index (χ2v) is 4.79. The Kier molecular flexibility index (Phi) is 5.77. The Morgan fingerprint density at radius 1 is 1.62 bits per heavy atom. The van der Waals surface area contributed by atoms with E-state index in [1.165, 1.54) is 12.8 Å². The number of hydrogen-bond acceptors (Lipinski definition) is 3. The van der Waals surface area contributed by atoms with Crippen molar-refractivity contribution in [2.75, 3.05) is 26.7 Å². The molecule has 1 rings (SSSR count). The van der Waals surface area contributed by atoms with E-state index in [0.717, 1.165) is 19.5 Å². The zero-order valence-electron chi connectivity index (χ0n) is 10.5. The van der Waals surface area contributed by atoms with Crippen molar-refractivity contribution in [1.29, 1.82) is 0 Å². The Labute approximate surface area is 98.6 Å². The van der Waals surface area contributed by atoms with Gasteiger partial charge in [-0.3, -0.25) is 4.79 Å². The molecule has 1 aliphatic rings. The van der Waals surface area contributed by atoms with Crippen LogP contribution >= 0.6 is 0 Å². The number of hydrogen-bond donors (Lipinski definition) is 2. The molecule has 1 heterocycles. The molecule has 0 spiro atoms. The van der Waals surface area contributed by atoms with Crippen molar-refractivity contribution >= 4 is 5.91 Å². The molecule has 16 heavy (non-hydrogen) atoms. The van der Waals surface area contributed by atoms with Crippen LogP contribution in [0.15, 0.2) is 0 Å². The number of likely N-dealkylation sites (N-methyl/N-ethyl adjacent to an activating group) is 1. The molecule has 2 atom stereocenters. The van der Waals surface area contributed by atoms with Crippen molar-refractivity contribution < 1.29 is 4.79 Å². The Hall–Kier alpha value is -0.610. The minimum absolute atomic E-state index is 0.151. The second-order valence-electron chi connectivity index (χ2n) is 4.79. The topological polar surface area (TPSA) is 58.4 Å². The average molecular weight is 227 g/mol. The number of likely N-dealkylation sites (tertiary alicyclic amines) is 1. The predicted octanol–water partition coefficient (Wildman–Crippen LogP) is 0.572. The summed E-state index contributed by atoms with van der Waals surface area (Å²) in [6.07, 6.45) is 4.00. The third kappa shape index (κ3) is 4.10. The zero-order valence-corrected chi connectivity index (χ0v) is 10.5. The van der Waals surface area contributed by atoms with Crippen LogP contribution in [0.1, 0.15) is 32.6 Å². The van der Waals surface area contributed by atoms with Crippen LogP contribution in [0.2, 0.25) is 0 Å². The van der Waals surface area contributed by atoms with Crippen LogP contribution in [0.4, 0.5) is 0 Å². The van der Waals surface area contributed by atoms with Gasteiger partial charge in [0.05, 0.1) is 0 Å². The van der Waals surface area contributed by atoms with Crippen LogP contribution in [-0.4, -0.2) is 43.5 Å². The summed E-state index contributed by atoms with van der Waals surface area (Å²) in [7, 11) is 2.12. The number of nitrogens with zero attached hydrogens (tertiary/aromatic N) is 1. The molecule has 2 unspecified atom stereocenters. The summed E-state index contributed by atoms with van der Waals surface area (Å²) in [4.78, 5) is 14.0. The molecule has 94 valence electrons. The van der Waals surface area contributed by atoms with Gasteiger partial charge in [0, 0.05) is 19.0 Å². The van der Waals surface area contributed by atoms with E-state index in [2.05, 4.69) is 24.2 Å². The molecular formula is C12H25N3O.